The van der Waals surface area contributed by atoms with E-state index < -0.39 is 6.09 Å². The molecule has 4 heteroatoms. The summed E-state index contributed by atoms with van der Waals surface area (Å²) in [6.45, 7) is 6.45. The van der Waals surface area contributed by atoms with Gasteiger partial charge in [-0.1, -0.05) is 36.4 Å². The Kier molecular flexibility index (Phi) is 5.80. The van der Waals surface area contributed by atoms with E-state index in [1.165, 1.54) is 12.0 Å². The van der Waals surface area contributed by atoms with Crippen LogP contribution in [0.25, 0.3) is 0 Å². The molecule has 0 bridgehead atoms. The van der Waals surface area contributed by atoms with Gasteiger partial charge < -0.3 is 9.47 Å². The summed E-state index contributed by atoms with van der Waals surface area (Å²) in [6.07, 6.45) is 1.24. The first kappa shape index (κ1) is 16.6. The van der Waals surface area contributed by atoms with Gasteiger partial charge >= 0.3 is 6.09 Å². The van der Waals surface area contributed by atoms with Crippen molar-refractivity contribution < 1.29 is 14.3 Å². The minimum absolute atomic E-state index is 0.365. The second-order valence-corrected chi connectivity index (χ2v) is 5.10. The third-order valence-electron chi connectivity index (χ3n) is 3.37. The van der Waals surface area contributed by atoms with Gasteiger partial charge in [0.15, 0.2) is 0 Å². The van der Waals surface area contributed by atoms with Gasteiger partial charge in [-0.3, -0.25) is 4.90 Å². The van der Waals surface area contributed by atoms with E-state index in [1.54, 1.807) is 6.08 Å². The number of nitrogens with zero attached hydrogens (tertiary/aromatic N) is 1. The molecule has 0 aliphatic heterocycles. The van der Waals surface area contributed by atoms with E-state index in [-0.39, 0.29) is 0 Å². The molecule has 4 nitrogen and oxygen atoms in total. The molecule has 0 spiro atoms. The largest absolute Gasteiger partial charge is 0.489 e. The summed E-state index contributed by atoms with van der Waals surface area (Å²) in [6, 6.07) is 15.5. The predicted octanol–water partition coefficient (Wildman–Crippen LogP) is 4.33. The summed E-state index contributed by atoms with van der Waals surface area (Å²) >= 11 is 0. The van der Waals surface area contributed by atoms with Crippen LogP contribution in [0.5, 0.6) is 5.75 Å². The lowest BCUT2D eigenvalue weighted by Crippen LogP contribution is -2.31. The van der Waals surface area contributed by atoms with E-state index >= 15 is 0 Å². The van der Waals surface area contributed by atoms with E-state index in [0.717, 1.165) is 22.6 Å². The van der Waals surface area contributed by atoms with Crippen molar-refractivity contribution in [3.8, 4) is 5.75 Å². The average molecular weight is 311 g/mol. The van der Waals surface area contributed by atoms with Gasteiger partial charge in [0.1, 0.15) is 12.4 Å². The first-order valence-electron chi connectivity index (χ1n) is 7.39. The highest BCUT2D eigenvalue weighted by Gasteiger charge is 2.17. The molecule has 0 aliphatic carbocycles. The molecule has 2 rings (SSSR count). The molecule has 0 fully saturated rings. The van der Waals surface area contributed by atoms with Crippen LogP contribution >= 0.6 is 0 Å². The monoisotopic (exact) mass is 311 g/mol. The van der Waals surface area contributed by atoms with Gasteiger partial charge in [-0.05, 0) is 30.7 Å². The van der Waals surface area contributed by atoms with Gasteiger partial charge in [0.25, 0.3) is 0 Å². The molecule has 120 valence electrons. The summed E-state index contributed by atoms with van der Waals surface area (Å²) in [4.78, 5) is 13.5. The molecule has 0 saturated heterocycles. The Morgan fingerprint density at radius 3 is 2.70 bits per heavy atom. The van der Waals surface area contributed by atoms with Crippen LogP contribution in [-0.4, -0.2) is 19.7 Å². The number of ether oxygens (including phenoxy) is 2. The second-order valence-electron chi connectivity index (χ2n) is 5.10. The van der Waals surface area contributed by atoms with Gasteiger partial charge in [-0.15, -0.1) is 6.58 Å². The minimum Gasteiger partial charge on any atom is -0.489 e. The van der Waals surface area contributed by atoms with Crippen molar-refractivity contribution in [1.82, 2.24) is 0 Å². The van der Waals surface area contributed by atoms with Crippen LogP contribution < -0.4 is 9.64 Å². The summed E-state index contributed by atoms with van der Waals surface area (Å²) in [5, 5.41) is 0. The Labute approximate surface area is 137 Å². The van der Waals surface area contributed by atoms with Crippen LogP contribution in [0.4, 0.5) is 10.5 Å². The van der Waals surface area contributed by atoms with Crippen LogP contribution in [0, 0.1) is 6.92 Å². The molecular formula is C19H21NO3. The number of hydrogen-bond donors (Lipinski definition) is 0. The lowest BCUT2D eigenvalue weighted by molar-refractivity contribution is 0.179. The molecule has 0 aliphatic rings. The molecule has 2 aromatic rings. The zero-order chi connectivity index (χ0) is 16.7. The highest BCUT2D eigenvalue weighted by molar-refractivity contribution is 5.88. The number of benzene rings is 2. The predicted molar refractivity (Wildman–Crippen MR) is 91.9 cm³/mol. The zero-order valence-corrected chi connectivity index (χ0v) is 13.5. The third-order valence-corrected chi connectivity index (χ3v) is 3.37. The first-order valence-corrected chi connectivity index (χ1v) is 7.39. The van der Waals surface area contributed by atoms with Crippen molar-refractivity contribution in [2.24, 2.45) is 0 Å². The van der Waals surface area contributed by atoms with E-state index in [4.69, 9.17) is 9.47 Å². The molecule has 0 heterocycles. The van der Waals surface area contributed by atoms with Crippen LogP contribution in [-0.2, 0) is 11.3 Å². The molecule has 0 aromatic heterocycles. The minimum atomic E-state index is -0.423. The fraction of sp³-hybridized carbons (Fsp3) is 0.211. The Morgan fingerprint density at radius 2 is 2.00 bits per heavy atom. The van der Waals surface area contributed by atoms with E-state index in [2.05, 4.69) is 6.58 Å². The maximum atomic E-state index is 12.0. The van der Waals surface area contributed by atoms with E-state index in [0.29, 0.717) is 13.2 Å². The van der Waals surface area contributed by atoms with Crippen molar-refractivity contribution in [3.63, 3.8) is 0 Å². The Balaban J connectivity index is 2.22. The fourth-order valence-corrected chi connectivity index (χ4v) is 2.27. The molecule has 0 atom stereocenters. The maximum Gasteiger partial charge on any atom is 0.414 e. The molecule has 2 aromatic carbocycles. The number of amides is 1. The van der Waals surface area contributed by atoms with Gasteiger partial charge in [0.05, 0.1) is 12.8 Å². The lowest BCUT2D eigenvalue weighted by Gasteiger charge is -2.22. The molecule has 0 saturated carbocycles. The third kappa shape index (κ3) is 4.36. The standard InChI is InChI=1S/C19H21NO3/c1-4-12-20(19(21)22-3)18-11-6-5-9-16(18)14-23-17-10-7-8-15(2)13-17/h4-11,13H,1,12,14H2,2-3H3. The fourth-order valence-electron chi connectivity index (χ4n) is 2.27. The topological polar surface area (TPSA) is 38.8 Å². The lowest BCUT2D eigenvalue weighted by atomic mass is 10.1. The molecule has 0 N–H and O–H groups in total. The molecule has 23 heavy (non-hydrogen) atoms. The van der Waals surface area contributed by atoms with E-state index in [1.807, 2.05) is 55.5 Å². The van der Waals surface area contributed by atoms with Crippen LogP contribution in [0.1, 0.15) is 11.1 Å². The number of hydrogen-bond acceptors (Lipinski definition) is 3. The first-order chi connectivity index (χ1) is 11.2. The number of anilines is 1. The van der Waals surface area contributed by atoms with Crippen LogP contribution in [0.15, 0.2) is 61.2 Å². The SMILES string of the molecule is C=CCN(C(=O)OC)c1ccccc1COc1cccc(C)c1. The molecule has 0 radical (unpaired) electrons. The maximum absolute atomic E-state index is 12.0. The van der Waals surface area contributed by atoms with Crippen molar-refractivity contribution in [3.05, 3.63) is 72.3 Å². The van der Waals surface area contributed by atoms with Gasteiger partial charge in [0, 0.05) is 12.1 Å². The Bertz CT molecular complexity index is 682. The number of carbonyl (C=O) groups is 1. The molecule has 0 unspecified atom stereocenters. The summed E-state index contributed by atoms with van der Waals surface area (Å²) in [5.41, 5.74) is 2.80. The van der Waals surface area contributed by atoms with Crippen molar-refractivity contribution in [2.75, 3.05) is 18.6 Å². The number of rotatable bonds is 6. The Morgan fingerprint density at radius 1 is 1.22 bits per heavy atom. The van der Waals surface area contributed by atoms with Gasteiger partial charge in [0.2, 0.25) is 0 Å². The normalized spacial score (nSPS) is 10.0. The van der Waals surface area contributed by atoms with Gasteiger partial charge in [-0.2, -0.15) is 0 Å². The van der Waals surface area contributed by atoms with Crippen molar-refractivity contribution in [2.45, 2.75) is 13.5 Å². The molecular weight excluding hydrogens is 290 g/mol. The van der Waals surface area contributed by atoms with Gasteiger partial charge in [-0.25, -0.2) is 4.79 Å². The quantitative estimate of drug-likeness (QED) is 0.745. The summed E-state index contributed by atoms with van der Waals surface area (Å²) < 4.78 is 10.7. The average Bonchev–Trinajstić information content (AvgIpc) is 2.58. The van der Waals surface area contributed by atoms with Crippen molar-refractivity contribution >= 4 is 11.8 Å². The van der Waals surface area contributed by atoms with Crippen LogP contribution in [0.3, 0.4) is 0 Å². The second kappa shape index (κ2) is 8.03. The Hall–Kier alpha value is -2.75. The number of aryl methyl sites for hydroxylation is 1. The van der Waals surface area contributed by atoms with Crippen molar-refractivity contribution in [1.29, 1.82) is 0 Å². The highest BCUT2D eigenvalue weighted by atomic mass is 16.5. The number of methoxy groups -OCH3 is 1. The van der Waals surface area contributed by atoms with E-state index in [9.17, 15) is 4.79 Å². The zero-order valence-electron chi connectivity index (χ0n) is 13.5. The number of carbonyl (C=O) groups excluding carboxylic acids is 1. The van der Waals surface area contributed by atoms with Crippen LogP contribution in [0.2, 0.25) is 0 Å². The highest BCUT2D eigenvalue weighted by Crippen LogP contribution is 2.23. The number of para-hydroxylation sites is 1. The summed E-state index contributed by atoms with van der Waals surface area (Å²) in [7, 11) is 1.37. The smallest absolute Gasteiger partial charge is 0.414 e. The molecule has 1 amide bonds. The summed E-state index contributed by atoms with van der Waals surface area (Å²) in [5.74, 6) is 0.799.